The van der Waals surface area contributed by atoms with E-state index in [1.807, 2.05) is 19.9 Å². The molecule has 1 aliphatic rings. The van der Waals surface area contributed by atoms with Gasteiger partial charge in [0.05, 0.1) is 11.1 Å². The molecule has 0 saturated carbocycles. The van der Waals surface area contributed by atoms with Crippen molar-refractivity contribution < 1.29 is 9.53 Å². The molecule has 0 unspecified atom stereocenters. The van der Waals surface area contributed by atoms with Gasteiger partial charge in [0, 0.05) is 44.7 Å². The van der Waals surface area contributed by atoms with E-state index in [1.54, 1.807) is 12.1 Å². The zero-order chi connectivity index (χ0) is 15.2. The summed E-state index contributed by atoms with van der Waals surface area (Å²) in [6, 6.07) is 5.30. The van der Waals surface area contributed by atoms with Gasteiger partial charge in [-0.3, -0.25) is 4.79 Å². The number of nitrogens with zero attached hydrogens (tertiary/aromatic N) is 1. The molecule has 1 aliphatic heterocycles. The first-order chi connectivity index (χ1) is 10.1. The van der Waals surface area contributed by atoms with Gasteiger partial charge in [-0.05, 0) is 32.0 Å². The molecular weight excluding hydrogens is 288 g/mol. The molecule has 0 atom stereocenters. The standard InChI is InChI=1S/C16H23ClN2O2/c1-12(2)21-13-3-4-14(15(17)11-13)16(20)5-8-19-9-6-18-7-10-19/h3-4,11-12,18H,5-10H2,1-2H3. The van der Waals surface area contributed by atoms with Crippen molar-refractivity contribution >= 4 is 17.4 Å². The van der Waals surface area contributed by atoms with E-state index in [9.17, 15) is 4.79 Å². The van der Waals surface area contributed by atoms with E-state index in [4.69, 9.17) is 16.3 Å². The molecule has 0 aliphatic carbocycles. The fourth-order valence-corrected chi connectivity index (χ4v) is 2.67. The van der Waals surface area contributed by atoms with E-state index in [2.05, 4.69) is 10.2 Å². The average molecular weight is 311 g/mol. The number of carbonyl (C=O) groups is 1. The van der Waals surface area contributed by atoms with Crippen LogP contribution in [0.5, 0.6) is 5.75 Å². The molecule has 0 spiro atoms. The van der Waals surface area contributed by atoms with Crippen molar-refractivity contribution in [3.63, 3.8) is 0 Å². The van der Waals surface area contributed by atoms with Crippen LogP contribution in [0.2, 0.25) is 5.02 Å². The number of ketones is 1. The summed E-state index contributed by atoms with van der Waals surface area (Å²) in [5, 5.41) is 3.77. The third kappa shape index (κ3) is 4.99. The largest absolute Gasteiger partial charge is 0.491 e. The Morgan fingerprint density at radius 3 is 2.71 bits per heavy atom. The Kier molecular flexibility index (Phi) is 6.03. The van der Waals surface area contributed by atoms with Crippen LogP contribution in [0.25, 0.3) is 0 Å². The monoisotopic (exact) mass is 310 g/mol. The van der Waals surface area contributed by atoms with Crippen LogP contribution in [0, 0.1) is 0 Å². The van der Waals surface area contributed by atoms with E-state index >= 15 is 0 Å². The van der Waals surface area contributed by atoms with Crippen LogP contribution >= 0.6 is 11.6 Å². The summed E-state index contributed by atoms with van der Waals surface area (Å²) in [7, 11) is 0. The second kappa shape index (κ2) is 7.78. The Hall–Kier alpha value is -1.10. The summed E-state index contributed by atoms with van der Waals surface area (Å²) < 4.78 is 5.57. The lowest BCUT2D eigenvalue weighted by Gasteiger charge is -2.26. The number of carbonyl (C=O) groups excluding carboxylic acids is 1. The van der Waals surface area contributed by atoms with Gasteiger partial charge in [0.15, 0.2) is 5.78 Å². The van der Waals surface area contributed by atoms with E-state index in [0.717, 1.165) is 32.7 Å². The van der Waals surface area contributed by atoms with Gasteiger partial charge >= 0.3 is 0 Å². The predicted molar refractivity (Wildman–Crippen MR) is 85.5 cm³/mol. The molecule has 1 heterocycles. The van der Waals surface area contributed by atoms with Crippen LogP contribution in [-0.4, -0.2) is 49.5 Å². The smallest absolute Gasteiger partial charge is 0.165 e. The average Bonchev–Trinajstić information content (AvgIpc) is 2.45. The molecule has 2 rings (SSSR count). The molecular formula is C16H23ClN2O2. The molecule has 1 fully saturated rings. The quantitative estimate of drug-likeness (QED) is 0.820. The number of ether oxygens (including phenoxy) is 1. The van der Waals surface area contributed by atoms with E-state index < -0.39 is 0 Å². The lowest BCUT2D eigenvalue weighted by molar-refractivity contribution is 0.0961. The highest BCUT2D eigenvalue weighted by Gasteiger charge is 2.15. The van der Waals surface area contributed by atoms with Crippen molar-refractivity contribution in [2.45, 2.75) is 26.4 Å². The van der Waals surface area contributed by atoms with Gasteiger partial charge in [0.2, 0.25) is 0 Å². The van der Waals surface area contributed by atoms with E-state index in [-0.39, 0.29) is 11.9 Å². The molecule has 1 N–H and O–H groups in total. The van der Waals surface area contributed by atoms with E-state index in [0.29, 0.717) is 22.8 Å². The van der Waals surface area contributed by atoms with Crippen LogP contribution in [0.15, 0.2) is 18.2 Å². The third-order valence-electron chi connectivity index (χ3n) is 3.48. The summed E-state index contributed by atoms with van der Waals surface area (Å²) in [6.45, 7) is 8.71. The van der Waals surface area contributed by atoms with Crippen LogP contribution in [-0.2, 0) is 0 Å². The van der Waals surface area contributed by atoms with Gasteiger partial charge in [-0.25, -0.2) is 0 Å². The predicted octanol–water partition coefficient (Wildman–Crippen LogP) is 2.61. The summed E-state index contributed by atoms with van der Waals surface area (Å²) in [5.74, 6) is 0.795. The molecule has 0 radical (unpaired) electrons. The van der Waals surface area contributed by atoms with Crippen molar-refractivity contribution in [2.75, 3.05) is 32.7 Å². The van der Waals surface area contributed by atoms with Crippen molar-refractivity contribution in [3.8, 4) is 5.75 Å². The molecule has 1 aromatic carbocycles. The van der Waals surface area contributed by atoms with Gasteiger partial charge in [-0.2, -0.15) is 0 Å². The Morgan fingerprint density at radius 2 is 2.10 bits per heavy atom. The van der Waals surface area contributed by atoms with E-state index in [1.165, 1.54) is 0 Å². The van der Waals surface area contributed by atoms with Gasteiger partial charge in [-0.1, -0.05) is 11.6 Å². The number of benzene rings is 1. The highest BCUT2D eigenvalue weighted by Crippen LogP contribution is 2.24. The summed E-state index contributed by atoms with van der Waals surface area (Å²) >= 11 is 6.20. The van der Waals surface area contributed by atoms with Gasteiger partial charge in [0.1, 0.15) is 5.75 Å². The lowest BCUT2D eigenvalue weighted by atomic mass is 10.1. The number of piperazine rings is 1. The van der Waals surface area contributed by atoms with Gasteiger partial charge in [0.25, 0.3) is 0 Å². The third-order valence-corrected chi connectivity index (χ3v) is 3.79. The maximum atomic E-state index is 12.3. The molecule has 5 heteroatoms. The summed E-state index contributed by atoms with van der Waals surface area (Å²) in [5.41, 5.74) is 0.586. The second-order valence-electron chi connectivity index (χ2n) is 5.57. The SMILES string of the molecule is CC(C)Oc1ccc(C(=O)CCN2CCNCC2)c(Cl)c1. The molecule has 1 aromatic rings. The first-order valence-corrected chi connectivity index (χ1v) is 7.86. The molecule has 1 saturated heterocycles. The minimum atomic E-state index is 0.0922. The Labute approximate surface area is 131 Å². The second-order valence-corrected chi connectivity index (χ2v) is 5.98. The maximum absolute atomic E-state index is 12.3. The van der Waals surface area contributed by atoms with Crippen molar-refractivity contribution in [3.05, 3.63) is 28.8 Å². The first kappa shape index (κ1) is 16.3. The first-order valence-electron chi connectivity index (χ1n) is 7.49. The molecule has 4 nitrogen and oxygen atoms in total. The maximum Gasteiger partial charge on any atom is 0.165 e. The van der Waals surface area contributed by atoms with Crippen molar-refractivity contribution in [2.24, 2.45) is 0 Å². The van der Waals surface area contributed by atoms with Crippen LogP contribution < -0.4 is 10.1 Å². The number of nitrogens with one attached hydrogen (secondary N) is 1. The fourth-order valence-electron chi connectivity index (χ4n) is 2.40. The molecule has 0 bridgehead atoms. The Balaban J connectivity index is 1.92. The number of halogens is 1. The molecule has 0 aromatic heterocycles. The minimum Gasteiger partial charge on any atom is -0.491 e. The van der Waals surface area contributed by atoms with Gasteiger partial charge in [-0.15, -0.1) is 0 Å². The lowest BCUT2D eigenvalue weighted by Crippen LogP contribution is -2.44. The summed E-state index contributed by atoms with van der Waals surface area (Å²) in [6.07, 6.45) is 0.597. The highest BCUT2D eigenvalue weighted by atomic mass is 35.5. The summed E-state index contributed by atoms with van der Waals surface area (Å²) in [4.78, 5) is 14.6. The van der Waals surface area contributed by atoms with Crippen LogP contribution in [0.4, 0.5) is 0 Å². The minimum absolute atomic E-state index is 0.0922. The topological polar surface area (TPSA) is 41.6 Å². The zero-order valence-electron chi connectivity index (χ0n) is 12.7. The normalized spacial score (nSPS) is 16.2. The highest BCUT2D eigenvalue weighted by molar-refractivity contribution is 6.34. The number of rotatable bonds is 6. The van der Waals surface area contributed by atoms with Crippen LogP contribution in [0.3, 0.4) is 0 Å². The van der Waals surface area contributed by atoms with Crippen LogP contribution in [0.1, 0.15) is 30.6 Å². The van der Waals surface area contributed by atoms with Crippen molar-refractivity contribution in [1.29, 1.82) is 0 Å². The molecule has 21 heavy (non-hydrogen) atoms. The molecule has 116 valence electrons. The van der Waals surface area contributed by atoms with Gasteiger partial charge < -0.3 is 15.0 Å². The Bertz CT molecular complexity index is 485. The number of Topliss-reactive ketones (excluding diaryl/α,β-unsaturated/α-hetero) is 1. The molecule has 0 amide bonds. The Morgan fingerprint density at radius 1 is 1.38 bits per heavy atom. The van der Waals surface area contributed by atoms with Crippen molar-refractivity contribution in [1.82, 2.24) is 10.2 Å². The fraction of sp³-hybridized carbons (Fsp3) is 0.562. The zero-order valence-corrected chi connectivity index (χ0v) is 13.4. The number of hydrogen-bond donors (Lipinski definition) is 1. The number of hydrogen-bond acceptors (Lipinski definition) is 4.